The molecule has 200 valence electrons. The van der Waals surface area contributed by atoms with E-state index in [9.17, 15) is 24.6 Å². The van der Waals surface area contributed by atoms with Crippen molar-refractivity contribution in [2.45, 2.75) is 121 Å². The fraction of sp³-hybridized carbons (Fsp3) is 0.808. The van der Waals surface area contributed by atoms with Gasteiger partial charge in [-0.3, -0.25) is 19.1 Å². The van der Waals surface area contributed by atoms with Crippen molar-refractivity contribution in [3.05, 3.63) is 33.1 Å². The summed E-state index contributed by atoms with van der Waals surface area (Å²) in [6.07, 6.45) is 12.7. The van der Waals surface area contributed by atoms with E-state index in [1.165, 1.54) is 64.0 Å². The summed E-state index contributed by atoms with van der Waals surface area (Å²) >= 11 is 0. The van der Waals surface area contributed by atoms with Gasteiger partial charge < -0.3 is 19.7 Å². The van der Waals surface area contributed by atoms with Gasteiger partial charge in [0, 0.05) is 31.7 Å². The number of Topliss-reactive ketones (excluding diaryl/α,β-unsaturated/α-hetero) is 1. The molecule has 2 rings (SSSR count). The molecule has 9 heteroatoms. The van der Waals surface area contributed by atoms with E-state index in [2.05, 4.69) is 4.98 Å². The number of hydrogen-bond acceptors (Lipinski definition) is 7. The van der Waals surface area contributed by atoms with Crippen molar-refractivity contribution < 1.29 is 24.5 Å². The summed E-state index contributed by atoms with van der Waals surface area (Å²) in [5.41, 5.74) is -1.24. The van der Waals surface area contributed by atoms with Crippen molar-refractivity contribution in [3.8, 4) is 0 Å². The molecule has 0 bridgehead atoms. The van der Waals surface area contributed by atoms with Crippen molar-refractivity contribution in [1.82, 2.24) is 9.55 Å². The molecule has 2 heterocycles. The Balaban J connectivity index is 1.43. The molecule has 1 aliphatic rings. The lowest BCUT2D eigenvalue weighted by Crippen LogP contribution is -2.37. The van der Waals surface area contributed by atoms with Gasteiger partial charge in [-0.25, -0.2) is 4.79 Å². The Hall–Kier alpha value is -1.81. The molecule has 0 amide bonds. The van der Waals surface area contributed by atoms with E-state index in [1.807, 2.05) is 6.92 Å². The van der Waals surface area contributed by atoms with Gasteiger partial charge in [-0.05, 0) is 12.8 Å². The average Bonchev–Trinajstić information content (AvgIpc) is 3.12. The molecule has 4 atom stereocenters. The molecule has 1 aromatic rings. The highest BCUT2D eigenvalue weighted by Gasteiger charge is 2.44. The Morgan fingerprint density at radius 3 is 2.09 bits per heavy atom. The smallest absolute Gasteiger partial charge is 0.330 e. The Morgan fingerprint density at radius 1 is 0.943 bits per heavy atom. The van der Waals surface area contributed by atoms with Gasteiger partial charge in [0.05, 0.1) is 6.61 Å². The van der Waals surface area contributed by atoms with Crippen LogP contribution in [0.15, 0.2) is 21.9 Å². The standard InChI is InChI=1S/C26H44N2O7/c1-2-20(29)15-13-11-9-7-5-3-4-6-8-10-12-14-18-34-19-21-23(31)24(32)25(35-21)28-17-16-22(30)27-26(28)33/h16-17,21,23-25,31-32H,2-15,18-19H2,1H3,(H,27,30,33)/t21-,23-,24-,25-/m1/s1. The van der Waals surface area contributed by atoms with Crippen LogP contribution in [0.3, 0.4) is 0 Å². The maximum absolute atomic E-state index is 11.9. The number of nitrogens with one attached hydrogen (secondary N) is 1. The highest BCUT2D eigenvalue weighted by atomic mass is 16.6. The number of nitrogens with zero attached hydrogens (tertiary/aromatic N) is 1. The van der Waals surface area contributed by atoms with E-state index in [0.717, 1.165) is 36.3 Å². The summed E-state index contributed by atoms with van der Waals surface area (Å²) in [6.45, 7) is 2.61. The van der Waals surface area contributed by atoms with Crippen LogP contribution >= 0.6 is 0 Å². The number of aromatic nitrogens is 2. The molecular weight excluding hydrogens is 452 g/mol. The third-order valence-electron chi connectivity index (χ3n) is 6.63. The number of ketones is 1. The molecule has 1 aliphatic heterocycles. The zero-order valence-corrected chi connectivity index (χ0v) is 21.2. The summed E-state index contributed by atoms with van der Waals surface area (Å²) in [4.78, 5) is 36.5. The summed E-state index contributed by atoms with van der Waals surface area (Å²) in [6, 6.07) is 1.16. The van der Waals surface area contributed by atoms with Crippen molar-refractivity contribution >= 4 is 5.78 Å². The van der Waals surface area contributed by atoms with Crippen LogP contribution in [-0.4, -0.2) is 57.1 Å². The van der Waals surface area contributed by atoms with Crippen molar-refractivity contribution in [2.24, 2.45) is 0 Å². The van der Waals surface area contributed by atoms with Crippen LogP contribution in [0.1, 0.15) is 103 Å². The van der Waals surface area contributed by atoms with E-state index in [0.29, 0.717) is 18.8 Å². The van der Waals surface area contributed by atoms with Crippen LogP contribution in [0.4, 0.5) is 0 Å². The van der Waals surface area contributed by atoms with Gasteiger partial charge in [0.1, 0.15) is 24.1 Å². The molecule has 0 unspecified atom stereocenters. The van der Waals surface area contributed by atoms with E-state index >= 15 is 0 Å². The molecule has 0 aliphatic carbocycles. The fourth-order valence-corrected chi connectivity index (χ4v) is 4.39. The number of rotatable bonds is 19. The van der Waals surface area contributed by atoms with Crippen LogP contribution < -0.4 is 11.2 Å². The molecular formula is C26H44N2O7. The maximum Gasteiger partial charge on any atom is 0.330 e. The normalized spacial score (nSPS) is 22.0. The monoisotopic (exact) mass is 496 g/mol. The van der Waals surface area contributed by atoms with E-state index in [1.54, 1.807) is 0 Å². The summed E-state index contributed by atoms with van der Waals surface area (Å²) < 4.78 is 12.3. The first-order valence-electron chi connectivity index (χ1n) is 13.4. The predicted molar refractivity (Wildman–Crippen MR) is 133 cm³/mol. The minimum absolute atomic E-state index is 0.127. The number of unbranched alkanes of at least 4 members (excludes halogenated alkanes) is 11. The molecule has 0 spiro atoms. The summed E-state index contributed by atoms with van der Waals surface area (Å²) in [5.74, 6) is 0.384. The predicted octanol–water partition coefficient (Wildman–Crippen LogP) is 3.22. The van der Waals surface area contributed by atoms with Gasteiger partial charge in [0.25, 0.3) is 5.56 Å². The van der Waals surface area contributed by atoms with Gasteiger partial charge in [-0.2, -0.15) is 0 Å². The number of aliphatic hydroxyl groups is 2. The Kier molecular flexibility index (Phi) is 14.1. The molecule has 3 N–H and O–H groups in total. The van der Waals surface area contributed by atoms with Gasteiger partial charge in [0.15, 0.2) is 6.23 Å². The molecule has 9 nitrogen and oxygen atoms in total. The lowest BCUT2D eigenvalue weighted by atomic mass is 10.0. The number of aromatic amines is 1. The first-order valence-corrected chi connectivity index (χ1v) is 13.4. The third-order valence-corrected chi connectivity index (χ3v) is 6.63. The SMILES string of the molecule is CCC(=O)CCCCCCCCCCCCCCOC[C@H]1O[C@@H](n2ccc(=O)[nH]c2=O)[C@H](O)[C@@H]1O. The number of ether oxygens (including phenoxy) is 2. The van der Waals surface area contributed by atoms with E-state index < -0.39 is 35.8 Å². The van der Waals surface area contributed by atoms with Gasteiger partial charge in [-0.1, -0.05) is 71.1 Å². The van der Waals surface area contributed by atoms with Crippen LogP contribution in [-0.2, 0) is 14.3 Å². The number of aliphatic hydroxyl groups excluding tert-OH is 2. The lowest BCUT2D eigenvalue weighted by molar-refractivity contribution is -0.118. The number of carbonyl (C=O) groups excluding carboxylic acids is 1. The topological polar surface area (TPSA) is 131 Å². The summed E-state index contributed by atoms with van der Waals surface area (Å²) in [7, 11) is 0. The second-order valence-electron chi connectivity index (χ2n) is 9.52. The second-order valence-corrected chi connectivity index (χ2v) is 9.52. The second kappa shape index (κ2) is 16.8. The number of carbonyl (C=O) groups is 1. The van der Waals surface area contributed by atoms with Crippen LogP contribution in [0.25, 0.3) is 0 Å². The summed E-state index contributed by atoms with van der Waals surface area (Å²) in [5, 5.41) is 20.5. The maximum atomic E-state index is 11.9. The van der Waals surface area contributed by atoms with E-state index in [-0.39, 0.29) is 6.61 Å². The first-order chi connectivity index (χ1) is 16.9. The Morgan fingerprint density at radius 2 is 1.51 bits per heavy atom. The number of H-pyrrole nitrogens is 1. The molecule has 0 aromatic carbocycles. The zero-order chi connectivity index (χ0) is 25.5. The van der Waals surface area contributed by atoms with Gasteiger partial charge in [-0.15, -0.1) is 0 Å². The first kappa shape index (κ1) is 29.4. The largest absolute Gasteiger partial charge is 0.387 e. The minimum atomic E-state index is -1.29. The molecule has 0 radical (unpaired) electrons. The lowest BCUT2D eigenvalue weighted by Gasteiger charge is -2.16. The van der Waals surface area contributed by atoms with Crippen LogP contribution in [0.5, 0.6) is 0 Å². The quantitative estimate of drug-likeness (QED) is 0.251. The van der Waals surface area contributed by atoms with E-state index in [4.69, 9.17) is 9.47 Å². The molecule has 1 saturated heterocycles. The molecule has 1 aromatic heterocycles. The average molecular weight is 497 g/mol. The number of hydrogen-bond donors (Lipinski definition) is 3. The highest BCUT2D eigenvalue weighted by Crippen LogP contribution is 2.28. The van der Waals surface area contributed by atoms with Crippen LogP contribution in [0.2, 0.25) is 0 Å². The van der Waals surface area contributed by atoms with Crippen molar-refractivity contribution in [2.75, 3.05) is 13.2 Å². The molecule has 1 fully saturated rings. The van der Waals surface area contributed by atoms with Crippen molar-refractivity contribution in [3.63, 3.8) is 0 Å². The van der Waals surface area contributed by atoms with Crippen LogP contribution in [0, 0.1) is 0 Å². The Bertz CT molecular complexity index is 837. The van der Waals surface area contributed by atoms with Gasteiger partial charge >= 0.3 is 5.69 Å². The highest BCUT2D eigenvalue weighted by molar-refractivity contribution is 5.77. The minimum Gasteiger partial charge on any atom is -0.387 e. The Labute approximate surface area is 207 Å². The van der Waals surface area contributed by atoms with Crippen molar-refractivity contribution in [1.29, 1.82) is 0 Å². The third kappa shape index (κ3) is 10.8. The molecule has 0 saturated carbocycles. The van der Waals surface area contributed by atoms with Gasteiger partial charge in [0.2, 0.25) is 0 Å². The zero-order valence-electron chi connectivity index (χ0n) is 21.2. The fourth-order valence-electron chi connectivity index (χ4n) is 4.39. The molecule has 35 heavy (non-hydrogen) atoms.